The van der Waals surface area contributed by atoms with Gasteiger partial charge in [0.15, 0.2) is 18.4 Å². The zero-order valence-corrected chi connectivity index (χ0v) is 21.1. The lowest BCUT2D eigenvalue weighted by molar-refractivity contribution is 0.0523. The van der Waals surface area contributed by atoms with E-state index in [1.165, 1.54) is 20.3 Å². The molecule has 0 amide bonds. The van der Waals surface area contributed by atoms with Crippen molar-refractivity contribution in [1.82, 2.24) is 4.57 Å². The molecule has 0 bridgehead atoms. The van der Waals surface area contributed by atoms with Crippen molar-refractivity contribution in [3.05, 3.63) is 77.5 Å². The lowest BCUT2D eigenvalue weighted by Crippen LogP contribution is -2.17. The van der Waals surface area contributed by atoms with Gasteiger partial charge in [-0.05, 0) is 48.7 Å². The average molecular weight is 523 g/mol. The van der Waals surface area contributed by atoms with Gasteiger partial charge >= 0.3 is 5.97 Å². The Morgan fingerprint density at radius 2 is 1.76 bits per heavy atom. The topological polar surface area (TPSA) is 84.9 Å². The molecule has 0 saturated carbocycles. The van der Waals surface area contributed by atoms with Gasteiger partial charge in [-0.25, -0.2) is 13.6 Å². The van der Waals surface area contributed by atoms with Gasteiger partial charge < -0.3 is 29.2 Å². The number of hydrogen-bond donors (Lipinski definition) is 1. The summed E-state index contributed by atoms with van der Waals surface area (Å²) in [5.41, 5.74) is 10.8. The van der Waals surface area contributed by atoms with Crippen LogP contribution in [0.1, 0.15) is 34.8 Å². The number of carbonyl (C=O) groups excluding carboxylic acids is 1. The third-order valence-corrected chi connectivity index (χ3v) is 6.79. The highest BCUT2D eigenvalue weighted by Gasteiger charge is 2.30. The molecule has 0 atom stereocenters. The predicted octanol–water partition coefficient (Wildman–Crippen LogP) is 5.82. The summed E-state index contributed by atoms with van der Waals surface area (Å²) in [6.45, 7) is 1.13. The van der Waals surface area contributed by atoms with E-state index in [-0.39, 0.29) is 12.7 Å². The van der Waals surface area contributed by atoms with Crippen molar-refractivity contribution >= 4 is 22.6 Å². The minimum absolute atomic E-state index is 0.0117. The number of ether oxygens (including phenoxy) is 4. The number of benzene rings is 3. The van der Waals surface area contributed by atoms with Gasteiger partial charge in [0.05, 0.1) is 23.6 Å². The second kappa shape index (κ2) is 10.8. The monoisotopic (exact) mass is 522 g/mol. The fourth-order valence-corrected chi connectivity index (χ4v) is 5.10. The Labute approximate surface area is 218 Å². The SMILES string of the molecule is COCOc1cc(N)cc2c1c(-c1ccc(C(=O)OC)cc1)c(C1CCOCC1)n2-c1ccc(F)c(F)c1. The van der Waals surface area contributed by atoms with E-state index in [9.17, 15) is 13.6 Å². The zero-order chi connectivity index (χ0) is 26.8. The number of hydrogen-bond acceptors (Lipinski definition) is 6. The molecule has 7 nitrogen and oxygen atoms in total. The first-order valence-corrected chi connectivity index (χ1v) is 12.2. The van der Waals surface area contributed by atoms with Crippen molar-refractivity contribution < 1.29 is 32.5 Å². The maximum absolute atomic E-state index is 14.5. The van der Waals surface area contributed by atoms with Crippen LogP contribution in [0.5, 0.6) is 5.75 Å². The molecule has 9 heteroatoms. The first-order chi connectivity index (χ1) is 18.4. The lowest BCUT2D eigenvalue weighted by Gasteiger charge is -2.26. The van der Waals surface area contributed by atoms with Crippen molar-refractivity contribution in [3.63, 3.8) is 0 Å². The molecular weight excluding hydrogens is 494 g/mol. The molecule has 0 radical (unpaired) electrons. The molecule has 0 unspecified atom stereocenters. The molecule has 4 aromatic rings. The maximum Gasteiger partial charge on any atom is 0.337 e. The highest BCUT2D eigenvalue weighted by atomic mass is 19.2. The molecule has 5 rings (SSSR count). The van der Waals surface area contributed by atoms with Crippen LogP contribution in [-0.2, 0) is 14.2 Å². The number of halogens is 2. The van der Waals surface area contributed by atoms with Crippen LogP contribution in [-0.4, -0.2) is 44.8 Å². The Morgan fingerprint density at radius 1 is 1.03 bits per heavy atom. The van der Waals surface area contributed by atoms with E-state index in [0.29, 0.717) is 41.4 Å². The fourth-order valence-electron chi connectivity index (χ4n) is 5.10. The summed E-state index contributed by atoms with van der Waals surface area (Å²) in [5, 5.41) is 0.744. The van der Waals surface area contributed by atoms with E-state index >= 15 is 0 Å². The van der Waals surface area contributed by atoms with Gasteiger partial charge in [-0.15, -0.1) is 0 Å². The van der Waals surface area contributed by atoms with Crippen LogP contribution in [0.25, 0.3) is 27.7 Å². The van der Waals surface area contributed by atoms with Crippen LogP contribution >= 0.6 is 0 Å². The van der Waals surface area contributed by atoms with Crippen LogP contribution in [0.4, 0.5) is 14.5 Å². The number of nitrogens with zero attached hydrogens (tertiary/aromatic N) is 1. The summed E-state index contributed by atoms with van der Waals surface area (Å²) in [4.78, 5) is 12.1. The molecule has 38 heavy (non-hydrogen) atoms. The fraction of sp³-hybridized carbons (Fsp3) is 0.276. The second-order valence-electron chi connectivity index (χ2n) is 9.11. The summed E-state index contributed by atoms with van der Waals surface area (Å²) in [7, 11) is 2.86. The number of aromatic nitrogens is 1. The van der Waals surface area contributed by atoms with Gasteiger partial charge in [0.25, 0.3) is 0 Å². The Hall–Kier alpha value is -3.95. The summed E-state index contributed by atoms with van der Waals surface area (Å²) < 4.78 is 52.1. The molecule has 1 aliphatic rings. The van der Waals surface area contributed by atoms with Crippen molar-refractivity contribution in [1.29, 1.82) is 0 Å². The van der Waals surface area contributed by atoms with E-state index in [1.54, 1.807) is 30.3 Å². The Balaban J connectivity index is 1.88. The Kier molecular flexibility index (Phi) is 7.31. The first kappa shape index (κ1) is 25.7. The lowest BCUT2D eigenvalue weighted by atomic mass is 9.89. The highest BCUT2D eigenvalue weighted by molar-refractivity contribution is 6.05. The van der Waals surface area contributed by atoms with E-state index in [1.807, 2.05) is 16.7 Å². The smallest absolute Gasteiger partial charge is 0.337 e. The van der Waals surface area contributed by atoms with E-state index in [4.69, 9.17) is 24.7 Å². The number of rotatable bonds is 7. The number of fused-ring (bicyclic) bond motifs is 1. The van der Waals surface area contributed by atoms with Crippen LogP contribution in [0.3, 0.4) is 0 Å². The molecule has 2 heterocycles. The summed E-state index contributed by atoms with van der Waals surface area (Å²) >= 11 is 0. The number of anilines is 1. The van der Waals surface area contributed by atoms with Crippen LogP contribution in [0.15, 0.2) is 54.6 Å². The van der Waals surface area contributed by atoms with Gasteiger partial charge in [-0.2, -0.15) is 0 Å². The molecule has 1 saturated heterocycles. The van der Waals surface area contributed by atoms with Crippen molar-refractivity contribution in [2.24, 2.45) is 0 Å². The summed E-state index contributed by atoms with van der Waals surface area (Å²) in [6, 6.07) is 14.4. The predicted molar refractivity (Wildman–Crippen MR) is 140 cm³/mol. The minimum Gasteiger partial charge on any atom is -0.467 e. The molecule has 1 aliphatic heterocycles. The van der Waals surface area contributed by atoms with Crippen molar-refractivity contribution in [3.8, 4) is 22.6 Å². The molecule has 1 aromatic heterocycles. The number of nitrogen functional groups attached to an aromatic ring is 1. The molecular formula is C29H28F2N2O5. The first-order valence-electron chi connectivity index (χ1n) is 12.2. The van der Waals surface area contributed by atoms with Crippen LogP contribution in [0, 0.1) is 11.6 Å². The molecule has 2 N–H and O–H groups in total. The molecule has 0 aliphatic carbocycles. The van der Waals surface area contributed by atoms with E-state index in [2.05, 4.69) is 0 Å². The number of esters is 1. The third-order valence-electron chi connectivity index (χ3n) is 6.79. The van der Waals surface area contributed by atoms with Crippen LogP contribution < -0.4 is 10.5 Å². The van der Waals surface area contributed by atoms with Gasteiger partial charge in [0.2, 0.25) is 0 Å². The summed E-state index contributed by atoms with van der Waals surface area (Å²) in [5.74, 6) is -1.80. The highest BCUT2D eigenvalue weighted by Crippen LogP contribution is 2.47. The van der Waals surface area contributed by atoms with Gasteiger partial charge in [-0.1, -0.05) is 12.1 Å². The van der Waals surface area contributed by atoms with Crippen molar-refractivity contribution in [2.75, 3.05) is 40.0 Å². The van der Waals surface area contributed by atoms with Gasteiger partial charge in [0, 0.05) is 61.0 Å². The van der Waals surface area contributed by atoms with E-state index in [0.717, 1.165) is 41.1 Å². The Morgan fingerprint density at radius 3 is 2.42 bits per heavy atom. The average Bonchev–Trinajstić information content (AvgIpc) is 3.28. The Bertz CT molecular complexity index is 1480. The minimum atomic E-state index is -0.953. The molecule has 198 valence electrons. The largest absolute Gasteiger partial charge is 0.467 e. The molecule has 0 spiro atoms. The standard InChI is InChI=1S/C29H28F2N2O5/c1-35-16-38-25-14-20(32)13-24-27(25)26(17-3-5-19(6-4-17)29(34)36-2)28(18-9-11-37-12-10-18)33(24)21-7-8-22(30)23(31)15-21/h3-8,13-15,18H,9-12,16,32H2,1-2H3. The molecule has 1 fully saturated rings. The van der Waals surface area contributed by atoms with Gasteiger partial charge in [-0.3, -0.25) is 0 Å². The second-order valence-corrected chi connectivity index (χ2v) is 9.11. The number of methoxy groups -OCH3 is 2. The van der Waals surface area contributed by atoms with Gasteiger partial charge in [0.1, 0.15) is 5.75 Å². The summed E-state index contributed by atoms with van der Waals surface area (Å²) in [6.07, 6.45) is 1.47. The van der Waals surface area contributed by atoms with E-state index < -0.39 is 17.6 Å². The van der Waals surface area contributed by atoms with Crippen molar-refractivity contribution in [2.45, 2.75) is 18.8 Å². The normalized spacial score (nSPS) is 14.1. The number of nitrogens with two attached hydrogens (primary N) is 1. The zero-order valence-electron chi connectivity index (χ0n) is 21.1. The number of carbonyl (C=O) groups is 1. The van der Waals surface area contributed by atoms with Crippen LogP contribution in [0.2, 0.25) is 0 Å². The maximum atomic E-state index is 14.5. The third kappa shape index (κ3) is 4.70. The quantitative estimate of drug-likeness (QED) is 0.187. The molecule has 3 aromatic carbocycles.